The first-order chi connectivity index (χ1) is 12.1. The first-order valence-corrected chi connectivity index (χ1v) is 8.78. The van der Waals surface area contributed by atoms with Crippen molar-refractivity contribution in [3.8, 4) is 0 Å². The van der Waals surface area contributed by atoms with Gasteiger partial charge in [0.2, 0.25) is 0 Å². The summed E-state index contributed by atoms with van der Waals surface area (Å²) in [4.78, 5) is 20.9. The van der Waals surface area contributed by atoms with Crippen LogP contribution in [0.3, 0.4) is 0 Å². The van der Waals surface area contributed by atoms with Crippen LogP contribution in [0.25, 0.3) is 0 Å². The summed E-state index contributed by atoms with van der Waals surface area (Å²) in [5.41, 5.74) is 2.73. The Morgan fingerprint density at radius 1 is 1.16 bits per heavy atom. The molecule has 134 valence electrons. The summed E-state index contributed by atoms with van der Waals surface area (Å²) in [6, 6.07) is 14.2. The fraction of sp³-hybridized carbons (Fsp3) is 0.400. The summed E-state index contributed by atoms with van der Waals surface area (Å²) < 4.78 is 0. The van der Waals surface area contributed by atoms with Gasteiger partial charge in [-0.1, -0.05) is 30.3 Å². The highest BCUT2D eigenvalue weighted by Gasteiger charge is 2.11. The van der Waals surface area contributed by atoms with E-state index in [4.69, 9.17) is 0 Å². The van der Waals surface area contributed by atoms with Crippen molar-refractivity contribution in [1.82, 2.24) is 15.2 Å². The summed E-state index contributed by atoms with van der Waals surface area (Å²) in [7, 11) is 4.05. The van der Waals surface area contributed by atoms with E-state index in [0.717, 1.165) is 31.7 Å². The van der Waals surface area contributed by atoms with Gasteiger partial charge in [-0.2, -0.15) is 0 Å². The summed E-state index contributed by atoms with van der Waals surface area (Å²) in [6.07, 6.45) is 2.63. The average molecular weight is 340 g/mol. The maximum Gasteiger partial charge on any atom is 0.269 e. The molecule has 0 unspecified atom stereocenters. The van der Waals surface area contributed by atoms with Crippen molar-refractivity contribution in [2.75, 3.05) is 38.6 Å². The Balaban J connectivity index is 1.99. The number of anilines is 1. The Bertz CT molecular complexity index is 658. The lowest BCUT2D eigenvalue weighted by Gasteiger charge is -2.23. The molecule has 0 atom stereocenters. The maximum absolute atomic E-state index is 12.3. The van der Waals surface area contributed by atoms with Gasteiger partial charge in [-0.3, -0.25) is 9.78 Å². The molecule has 1 heterocycles. The highest BCUT2D eigenvalue weighted by atomic mass is 16.1. The van der Waals surface area contributed by atoms with Gasteiger partial charge in [0.1, 0.15) is 5.69 Å². The Hall–Kier alpha value is -2.40. The van der Waals surface area contributed by atoms with Gasteiger partial charge < -0.3 is 15.1 Å². The van der Waals surface area contributed by atoms with Crippen LogP contribution < -0.4 is 10.2 Å². The smallest absolute Gasteiger partial charge is 0.269 e. The Morgan fingerprint density at radius 2 is 1.92 bits per heavy atom. The van der Waals surface area contributed by atoms with Crippen LogP contribution in [0.1, 0.15) is 29.4 Å². The number of hydrogen-bond acceptors (Lipinski definition) is 4. The van der Waals surface area contributed by atoms with Crippen molar-refractivity contribution in [2.45, 2.75) is 19.9 Å². The van der Waals surface area contributed by atoms with E-state index in [2.05, 4.69) is 39.2 Å². The lowest BCUT2D eigenvalue weighted by molar-refractivity contribution is 0.0947. The number of pyridine rings is 1. The van der Waals surface area contributed by atoms with Gasteiger partial charge in [0.25, 0.3) is 5.91 Å². The zero-order chi connectivity index (χ0) is 18.1. The number of carbonyl (C=O) groups excluding carboxylic acids is 1. The zero-order valence-electron chi connectivity index (χ0n) is 15.4. The molecule has 0 saturated carbocycles. The first-order valence-electron chi connectivity index (χ1n) is 8.78. The van der Waals surface area contributed by atoms with Crippen LogP contribution in [0.2, 0.25) is 0 Å². The summed E-state index contributed by atoms with van der Waals surface area (Å²) >= 11 is 0. The molecule has 5 heteroatoms. The SMILES string of the molecule is CCN(Cc1ccccc1)c1ccnc(C(=O)NCCCN(C)C)c1. The quantitative estimate of drug-likeness (QED) is 0.713. The number of hydrogen-bond donors (Lipinski definition) is 1. The van der Waals surface area contributed by atoms with E-state index in [1.807, 2.05) is 44.4 Å². The predicted octanol–water partition coefficient (Wildman–Crippen LogP) is 2.79. The average Bonchev–Trinajstić information content (AvgIpc) is 2.64. The second-order valence-corrected chi connectivity index (χ2v) is 6.31. The molecule has 5 nitrogen and oxygen atoms in total. The number of aromatic nitrogens is 1. The molecule has 1 amide bonds. The minimum absolute atomic E-state index is 0.114. The number of benzene rings is 1. The van der Waals surface area contributed by atoms with E-state index in [0.29, 0.717) is 12.2 Å². The molecule has 0 aliphatic heterocycles. The van der Waals surface area contributed by atoms with Crippen molar-refractivity contribution >= 4 is 11.6 Å². The molecule has 0 fully saturated rings. The van der Waals surface area contributed by atoms with Crippen molar-refractivity contribution in [1.29, 1.82) is 0 Å². The van der Waals surface area contributed by atoms with Crippen LogP contribution in [0.15, 0.2) is 48.7 Å². The van der Waals surface area contributed by atoms with Gasteiger partial charge in [0, 0.05) is 31.5 Å². The lowest BCUT2D eigenvalue weighted by atomic mass is 10.2. The number of nitrogens with zero attached hydrogens (tertiary/aromatic N) is 3. The van der Waals surface area contributed by atoms with Gasteiger partial charge in [0.15, 0.2) is 0 Å². The molecular weight excluding hydrogens is 312 g/mol. The third kappa shape index (κ3) is 6.19. The van der Waals surface area contributed by atoms with Crippen LogP contribution in [0.5, 0.6) is 0 Å². The topological polar surface area (TPSA) is 48.5 Å². The molecule has 0 saturated heterocycles. The van der Waals surface area contributed by atoms with E-state index in [-0.39, 0.29) is 5.91 Å². The number of carbonyl (C=O) groups is 1. The van der Waals surface area contributed by atoms with Gasteiger partial charge >= 0.3 is 0 Å². The number of rotatable bonds is 9. The Labute approximate surface area is 150 Å². The van der Waals surface area contributed by atoms with Gasteiger partial charge in [-0.15, -0.1) is 0 Å². The monoisotopic (exact) mass is 340 g/mol. The van der Waals surface area contributed by atoms with E-state index in [1.54, 1.807) is 6.20 Å². The number of nitrogens with one attached hydrogen (secondary N) is 1. The standard InChI is InChI=1S/C20H28N4O/c1-4-24(16-17-9-6-5-7-10-17)18-11-13-21-19(15-18)20(25)22-12-8-14-23(2)3/h5-7,9-11,13,15H,4,8,12,14,16H2,1-3H3,(H,22,25). The van der Waals surface area contributed by atoms with Crippen molar-refractivity contribution < 1.29 is 4.79 Å². The van der Waals surface area contributed by atoms with Crippen LogP contribution in [-0.4, -0.2) is 49.5 Å². The summed E-state index contributed by atoms with van der Waals surface area (Å²) in [5.74, 6) is -0.114. The normalized spacial score (nSPS) is 10.7. The molecular formula is C20H28N4O. The fourth-order valence-electron chi connectivity index (χ4n) is 2.62. The van der Waals surface area contributed by atoms with Crippen LogP contribution in [0, 0.1) is 0 Å². The van der Waals surface area contributed by atoms with Crippen LogP contribution in [0.4, 0.5) is 5.69 Å². The molecule has 25 heavy (non-hydrogen) atoms. The largest absolute Gasteiger partial charge is 0.367 e. The molecule has 0 bridgehead atoms. The molecule has 2 aromatic rings. The highest BCUT2D eigenvalue weighted by Crippen LogP contribution is 2.17. The van der Waals surface area contributed by atoms with Crippen LogP contribution >= 0.6 is 0 Å². The molecule has 2 rings (SSSR count). The summed E-state index contributed by atoms with van der Waals surface area (Å²) in [5, 5.41) is 2.94. The third-order valence-corrected chi connectivity index (χ3v) is 4.01. The third-order valence-electron chi connectivity index (χ3n) is 4.01. The van der Waals surface area contributed by atoms with Crippen molar-refractivity contribution in [3.05, 3.63) is 59.9 Å². The Morgan fingerprint density at radius 3 is 2.60 bits per heavy atom. The molecule has 1 aromatic heterocycles. The zero-order valence-corrected chi connectivity index (χ0v) is 15.4. The molecule has 0 radical (unpaired) electrons. The van der Waals surface area contributed by atoms with Crippen molar-refractivity contribution in [2.24, 2.45) is 0 Å². The lowest BCUT2D eigenvalue weighted by Crippen LogP contribution is -2.28. The minimum atomic E-state index is -0.114. The maximum atomic E-state index is 12.3. The second kappa shape index (κ2) is 9.79. The number of amides is 1. The second-order valence-electron chi connectivity index (χ2n) is 6.31. The van der Waals surface area contributed by atoms with Crippen LogP contribution in [-0.2, 0) is 6.54 Å². The van der Waals surface area contributed by atoms with E-state index < -0.39 is 0 Å². The fourth-order valence-corrected chi connectivity index (χ4v) is 2.62. The first kappa shape index (κ1) is 18.9. The molecule has 0 spiro atoms. The van der Waals surface area contributed by atoms with Gasteiger partial charge in [-0.25, -0.2) is 0 Å². The predicted molar refractivity (Wildman–Crippen MR) is 103 cm³/mol. The summed E-state index contributed by atoms with van der Waals surface area (Å²) in [6.45, 7) is 5.40. The highest BCUT2D eigenvalue weighted by molar-refractivity contribution is 5.93. The van der Waals surface area contributed by atoms with E-state index >= 15 is 0 Å². The van der Waals surface area contributed by atoms with E-state index in [1.165, 1.54) is 5.56 Å². The molecule has 1 N–H and O–H groups in total. The molecule has 1 aromatic carbocycles. The Kier molecular flexibility index (Phi) is 7.41. The minimum Gasteiger partial charge on any atom is -0.367 e. The van der Waals surface area contributed by atoms with Gasteiger partial charge in [0.05, 0.1) is 0 Å². The van der Waals surface area contributed by atoms with E-state index in [9.17, 15) is 4.79 Å². The van der Waals surface area contributed by atoms with Crippen molar-refractivity contribution in [3.63, 3.8) is 0 Å². The van der Waals surface area contributed by atoms with Gasteiger partial charge in [-0.05, 0) is 51.7 Å². The molecule has 0 aliphatic carbocycles. The molecule has 0 aliphatic rings.